The van der Waals surface area contributed by atoms with Gasteiger partial charge in [-0.2, -0.15) is 0 Å². The predicted molar refractivity (Wildman–Crippen MR) is 153 cm³/mol. The summed E-state index contributed by atoms with van der Waals surface area (Å²) < 4.78 is 9.04. The van der Waals surface area contributed by atoms with Gasteiger partial charge in [-0.3, -0.25) is 0 Å². The number of fused-ring (bicyclic) bond motifs is 1. The fraction of sp³-hybridized carbons (Fsp3) is 0.103. The van der Waals surface area contributed by atoms with Gasteiger partial charge in [0.15, 0.2) is 0 Å². The number of aromatic nitrogens is 3. The van der Waals surface area contributed by atoms with Crippen molar-refractivity contribution in [2.75, 3.05) is 0 Å². The van der Waals surface area contributed by atoms with Crippen molar-refractivity contribution >= 4 is 30.7 Å². The second-order valence-electron chi connectivity index (χ2n) is 9.17. The van der Waals surface area contributed by atoms with Crippen LogP contribution in [0.15, 0.2) is 90.1 Å². The number of benzene rings is 3. The average Bonchev–Trinajstić information content (AvgIpc) is 3.35. The van der Waals surface area contributed by atoms with E-state index in [1.54, 1.807) is 73.5 Å². The molecule has 0 saturated heterocycles. The molecule has 0 unspecified atom stereocenters. The van der Waals surface area contributed by atoms with E-state index in [2.05, 4.69) is 10.9 Å². The van der Waals surface area contributed by atoms with Crippen molar-refractivity contribution in [3.8, 4) is 23.5 Å². The molecular weight excluding hydrogens is 537 g/mol. The fourth-order valence-corrected chi connectivity index (χ4v) is 5.79. The molecule has 0 radical (unpaired) electrons. The Morgan fingerprint density at radius 3 is 2.36 bits per heavy atom. The van der Waals surface area contributed by atoms with Crippen LogP contribution >= 0.6 is 19.8 Å². The van der Waals surface area contributed by atoms with Crippen molar-refractivity contribution in [3.05, 3.63) is 123 Å². The monoisotopic (exact) mass is 561 g/mol. The Balaban J connectivity index is 1.90. The molecule has 2 heterocycles. The number of hydrogen-bond donors (Lipinski definition) is 3. The van der Waals surface area contributed by atoms with Crippen molar-refractivity contribution in [1.82, 2.24) is 14.1 Å². The molecule has 0 aliphatic rings. The summed E-state index contributed by atoms with van der Waals surface area (Å²) in [6.45, 7) is 0. The van der Waals surface area contributed by atoms with Crippen LogP contribution in [0.4, 0.5) is 0 Å². The normalized spacial score (nSPS) is 13.7. The van der Waals surface area contributed by atoms with Gasteiger partial charge in [0.25, 0.3) is 0 Å². The van der Waals surface area contributed by atoms with Gasteiger partial charge in [0.05, 0.1) is 0 Å². The van der Waals surface area contributed by atoms with Gasteiger partial charge >= 0.3 is 230 Å². The van der Waals surface area contributed by atoms with Crippen molar-refractivity contribution in [1.29, 1.82) is 0 Å². The van der Waals surface area contributed by atoms with Crippen molar-refractivity contribution in [2.24, 2.45) is 14.1 Å². The number of imidazole rings is 1. The van der Waals surface area contributed by atoms with Gasteiger partial charge in [-0.15, -0.1) is 0 Å². The van der Waals surface area contributed by atoms with Crippen LogP contribution in [0, 0.1) is 12.3 Å². The van der Waals surface area contributed by atoms with Gasteiger partial charge in [0, 0.05) is 0 Å². The molecule has 0 aliphatic heterocycles. The van der Waals surface area contributed by atoms with E-state index in [1.165, 1.54) is 16.8 Å². The first-order valence-electron chi connectivity index (χ1n) is 11.8. The zero-order valence-corrected chi connectivity index (χ0v) is 22.8. The number of pyridine rings is 1. The molecular formula is C29H25ClN3O5P. The Hall–Kier alpha value is -3.80. The molecule has 0 spiro atoms. The molecule has 10 heteroatoms. The van der Waals surface area contributed by atoms with E-state index < -0.39 is 13.8 Å². The van der Waals surface area contributed by atoms with Crippen LogP contribution in [-0.4, -0.2) is 28.8 Å². The first kappa shape index (κ1) is 26.8. The topological polar surface area (TPSA) is 110 Å². The number of rotatable bonds is 6. The summed E-state index contributed by atoms with van der Waals surface area (Å²) in [4.78, 5) is 48.1. The molecule has 3 aromatic carbocycles. The second kappa shape index (κ2) is 10.1. The minimum absolute atomic E-state index is 0.212. The van der Waals surface area contributed by atoms with Gasteiger partial charge in [0.1, 0.15) is 0 Å². The van der Waals surface area contributed by atoms with Crippen LogP contribution in [0.25, 0.3) is 22.0 Å². The summed E-state index contributed by atoms with van der Waals surface area (Å²) in [5.41, 5.74) is 2.04. The van der Waals surface area contributed by atoms with Gasteiger partial charge in [-0.25, -0.2) is 0 Å². The Morgan fingerprint density at radius 2 is 1.72 bits per heavy atom. The Labute approximate surface area is 230 Å². The Bertz CT molecular complexity index is 1800. The van der Waals surface area contributed by atoms with Crippen LogP contribution in [0.1, 0.15) is 22.4 Å². The number of nitrogens with zero attached hydrogens (tertiary/aromatic N) is 3. The zero-order chi connectivity index (χ0) is 27.9. The van der Waals surface area contributed by atoms with Crippen molar-refractivity contribution in [2.45, 2.75) is 5.60 Å². The third-order valence-corrected chi connectivity index (χ3v) is 7.54. The van der Waals surface area contributed by atoms with Gasteiger partial charge in [0.2, 0.25) is 0 Å². The summed E-state index contributed by atoms with van der Waals surface area (Å²) in [5.74, 6) is 2.62. The number of halogens is 1. The summed E-state index contributed by atoms with van der Waals surface area (Å²) in [7, 11) is -1.78. The molecule has 39 heavy (non-hydrogen) atoms. The SMILES string of the molecule is C#Cc1cccc(-c2cc(=O)n(C)c3ccc([C@](O[PH](O)(O)O)(c4ccc(Cl)cc4)c4cncn4C)cc23)c1. The van der Waals surface area contributed by atoms with E-state index in [1.807, 2.05) is 18.2 Å². The third kappa shape index (κ3) is 4.88. The fourth-order valence-electron chi connectivity index (χ4n) is 4.91. The molecule has 5 aromatic rings. The second-order valence-corrected chi connectivity index (χ2v) is 11.0. The predicted octanol–water partition coefficient (Wildman–Crippen LogP) is 4.27. The van der Waals surface area contributed by atoms with Crippen molar-refractivity contribution < 1.29 is 19.2 Å². The van der Waals surface area contributed by atoms with Crippen molar-refractivity contribution in [3.63, 3.8) is 0 Å². The molecule has 0 amide bonds. The Kier molecular flexibility index (Phi) is 6.91. The van der Waals surface area contributed by atoms with E-state index in [0.29, 0.717) is 43.9 Å². The first-order chi connectivity index (χ1) is 18.5. The van der Waals surface area contributed by atoms with Gasteiger partial charge in [-0.05, 0) is 0 Å². The Morgan fingerprint density at radius 1 is 1.00 bits per heavy atom. The summed E-state index contributed by atoms with van der Waals surface area (Å²) in [5, 5.41) is 1.14. The number of aryl methyl sites for hydroxylation is 2. The average molecular weight is 562 g/mol. The maximum atomic E-state index is 12.9. The molecule has 0 aliphatic carbocycles. The van der Waals surface area contributed by atoms with Crippen LogP contribution in [0.3, 0.4) is 0 Å². The van der Waals surface area contributed by atoms with E-state index in [9.17, 15) is 19.5 Å². The summed E-state index contributed by atoms with van der Waals surface area (Å²) in [6, 6.07) is 20.7. The molecule has 2 aromatic heterocycles. The summed E-state index contributed by atoms with van der Waals surface area (Å²) in [6.07, 6.45) is 8.70. The summed E-state index contributed by atoms with van der Waals surface area (Å²) >= 11 is 6.18. The molecule has 0 bridgehead atoms. The van der Waals surface area contributed by atoms with E-state index in [0.717, 1.165) is 5.56 Å². The molecule has 198 valence electrons. The van der Waals surface area contributed by atoms with Crippen LogP contribution in [0.2, 0.25) is 5.02 Å². The van der Waals surface area contributed by atoms with Crippen LogP contribution < -0.4 is 5.56 Å². The van der Waals surface area contributed by atoms with Gasteiger partial charge in [-0.1, -0.05) is 0 Å². The molecule has 1 atom stereocenters. The minimum atomic E-state index is -5.18. The van der Waals surface area contributed by atoms with Gasteiger partial charge < -0.3 is 0 Å². The standard InChI is InChI=1S/C29H25ClN3O5P/c1-4-19-6-5-7-20(14-19)24-16-28(34)33(3)26-13-10-22(15-25(24)26)29(38-39(35,36)37,27-17-31-18-32(27)2)21-8-11-23(30)12-9-21/h1,5-18,35-37,39H,2-3H3/t29-/m1/s1. The molecule has 3 N–H and O–H groups in total. The maximum absolute atomic E-state index is 12.9. The number of hydrogen-bond acceptors (Lipinski definition) is 6. The van der Waals surface area contributed by atoms with E-state index in [-0.39, 0.29) is 5.56 Å². The zero-order valence-electron chi connectivity index (χ0n) is 21.0. The quantitative estimate of drug-likeness (QED) is 0.211. The van der Waals surface area contributed by atoms with Crippen LogP contribution in [-0.2, 0) is 24.2 Å². The molecule has 5 rings (SSSR count). The molecule has 8 nitrogen and oxygen atoms in total. The van der Waals surface area contributed by atoms with E-state index in [4.69, 9.17) is 22.5 Å². The third-order valence-electron chi connectivity index (χ3n) is 6.71. The molecule has 0 saturated carbocycles. The number of terminal acetylenes is 1. The first-order valence-corrected chi connectivity index (χ1v) is 14.0. The molecule has 0 fully saturated rings. The van der Waals surface area contributed by atoms with Crippen LogP contribution in [0.5, 0.6) is 0 Å². The van der Waals surface area contributed by atoms with E-state index >= 15 is 0 Å².